The number of hydrogen-bond donors (Lipinski definition) is 1. The Morgan fingerprint density at radius 1 is 0.905 bits per heavy atom. The Morgan fingerprint density at radius 2 is 1.57 bits per heavy atom. The van der Waals surface area contributed by atoms with Gasteiger partial charge in [-0.1, -0.05) is 79.2 Å². The molecule has 3 rings (SSSR count). The number of amides is 2. The lowest BCUT2D eigenvalue weighted by atomic mass is 10.0. The first-order chi connectivity index (χ1) is 19.9. The van der Waals surface area contributed by atoms with Crippen molar-refractivity contribution in [1.29, 1.82) is 0 Å². The van der Waals surface area contributed by atoms with Crippen LogP contribution < -0.4 is 9.62 Å². The highest BCUT2D eigenvalue weighted by atomic mass is 32.2. The van der Waals surface area contributed by atoms with E-state index in [1.165, 1.54) is 10.6 Å². The van der Waals surface area contributed by atoms with E-state index in [1.54, 1.807) is 11.0 Å². The van der Waals surface area contributed by atoms with Crippen LogP contribution in [-0.2, 0) is 32.6 Å². The Hall–Kier alpha value is -3.65. The van der Waals surface area contributed by atoms with E-state index in [0.717, 1.165) is 34.2 Å². The van der Waals surface area contributed by atoms with Crippen LogP contribution >= 0.6 is 0 Å². The molecule has 0 aliphatic rings. The zero-order chi connectivity index (χ0) is 30.9. The summed E-state index contributed by atoms with van der Waals surface area (Å²) in [6.07, 6.45) is 2.75. The smallest absolute Gasteiger partial charge is 0.243 e. The predicted octanol–water partition coefficient (Wildman–Crippen LogP) is 5.71. The topological polar surface area (TPSA) is 86.8 Å². The molecule has 8 heteroatoms. The quantitative estimate of drug-likeness (QED) is 0.260. The van der Waals surface area contributed by atoms with E-state index in [0.29, 0.717) is 18.5 Å². The van der Waals surface area contributed by atoms with Crippen LogP contribution in [0, 0.1) is 20.8 Å². The SMILES string of the molecule is CC[C@@H](C)NC(=O)[C@@H](Cc1ccccc1)N(Cc1cccc(C)c1)C(=O)CCCN(c1cccc(C)c1C)S(C)(=O)=O. The number of carbonyl (C=O) groups excluding carboxylic acids is 2. The molecule has 0 spiro atoms. The third kappa shape index (κ3) is 9.18. The number of benzene rings is 3. The first-order valence-electron chi connectivity index (χ1n) is 14.6. The fourth-order valence-corrected chi connectivity index (χ4v) is 6.01. The van der Waals surface area contributed by atoms with Crippen molar-refractivity contribution in [2.75, 3.05) is 17.1 Å². The van der Waals surface area contributed by atoms with Crippen LogP contribution in [0.4, 0.5) is 5.69 Å². The van der Waals surface area contributed by atoms with Crippen LogP contribution in [0.25, 0.3) is 0 Å². The Morgan fingerprint density at radius 3 is 2.21 bits per heavy atom. The molecule has 0 saturated heterocycles. The van der Waals surface area contributed by atoms with Gasteiger partial charge in [-0.15, -0.1) is 0 Å². The third-order valence-electron chi connectivity index (χ3n) is 7.70. The summed E-state index contributed by atoms with van der Waals surface area (Å²) in [6, 6.07) is 22.5. The summed E-state index contributed by atoms with van der Waals surface area (Å²) in [5.41, 5.74) is 5.47. The molecule has 226 valence electrons. The van der Waals surface area contributed by atoms with Crippen molar-refractivity contribution in [2.24, 2.45) is 0 Å². The Balaban J connectivity index is 1.91. The highest BCUT2D eigenvalue weighted by Gasteiger charge is 2.31. The molecule has 0 radical (unpaired) electrons. The summed E-state index contributed by atoms with van der Waals surface area (Å²) < 4.78 is 27.0. The minimum atomic E-state index is -3.57. The standard InChI is InChI=1S/C34H45N3O4S/c1-7-27(4)35-34(39)32(23-29-16-9-8-10-17-29)36(24-30-18-11-14-25(2)22-30)33(38)20-13-21-37(42(6,40)41)31-19-12-15-26(3)28(31)5/h8-12,14-19,22,27,32H,7,13,20-21,23-24H2,1-6H3,(H,35,39)/t27-,32-/m1/s1. The zero-order valence-electron chi connectivity index (χ0n) is 25.8. The fourth-order valence-electron chi connectivity index (χ4n) is 4.99. The van der Waals surface area contributed by atoms with E-state index in [2.05, 4.69) is 5.32 Å². The molecule has 0 aliphatic heterocycles. The summed E-state index contributed by atoms with van der Waals surface area (Å²) in [6.45, 7) is 10.3. The van der Waals surface area contributed by atoms with Crippen molar-refractivity contribution in [3.8, 4) is 0 Å². The molecular weight excluding hydrogens is 546 g/mol. The van der Waals surface area contributed by atoms with Crippen molar-refractivity contribution >= 4 is 27.5 Å². The number of nitrogens with zero attached hydrogens (tertiary/aromatic N) is 2. The molecule has 3 aromatic rings. The van der Waals surface area contributed by atoms with Crippen molar-refractivity contribution in [3.05, 3.63) is 101 Å². The number of carbonyl (C=O) groups is 2. The van der Waals surface area contributed by atoms with Gasteiger partial charge in [0.2, 0.25) is 21.8 Å². The van der Waals surface area contributed by atoms with E-state index in [4.69, 9.17) is 0 Å². The Bertz CT molecular complexity index is 1460. The first-order valence-corrected chi connectivity index (χ1v) is 16.5. The van der Waals surface area contributed by atoms with Gasteiger partial charge in [0.25, 0.3) is 0 Å². The van der Waals surface area contributed by atoms with E-state index in [-0.39, 0.29) is 37.4 Å². The maximum atomic E-state index is 14.0. The van der Waals surface area contributed by atoms with Gasteiger partial charge in [-0.2, -0.15) is 0 Å². The Kier molecular flexibility index (Phi) is 11.7. The molecule has 0 bridgehead atoms. The minimum Gasteiger partial charge on any atom is -0.352 e. The average Bonchev–Trinajstić information content (AvgIpc) is 2.94. The molecule has 0 unspecified atom stereocenters. The van der Waals surface area contributed by atoms with Crippen molar-refractivity contribution in [1.82, 2.24) is 10.2 Å². The fraction of sp³-hybridized carbons (Fsp3) is 0.412. The van der Waals surface area contributed by atoms with Crippen LogP contribution in [0.15, 0.2) is 72.8 Å². The van der Waals surface area contributed by atoms with Gasteiger partial charge in [0.15, 0.2) is 0 Å². The molecule has 42 heavy (non-hydrogen) atoms. The summed E-state index contributed by atoms with van der Waals surface area (Å²) in [5.74, 6) is -0.381. The molecule has 0 fully saturated rings. The Labute approximate surface area is 252 Å². The van der Waals surface area contributed by atoms with Crippen molar-refractivity contribution < 1.29 is 18.0 Å². The van der Waals surface area contributed by atoms with Crippen LogP contribution in [0.2, 0.25) is 0 Å². The van der Waals surface area contributed by atoms with Gasteiger partial charge in [0.1, 0.15) is 6.04 Å². The van der Waals surface area contributed by atoms with Crippen LogP contribution in [0.5, 0.6) is 0 Å². The van der Waals surface area contributed by atoms with E-state index < -0.39 is 16.1 Å². The molecule has 2 atom stereocenters. The second kappa shape index (κ2) is 15.0. The summed E-state index contributed by atoms with van der Waals surface area (Å²) >= 11 is 0. The van der Waals surface area contributed by atoms with Crippen LogP contribution in [-0.4, -0.2) is 50.0 Å². The number of nitrogens with one attached hydrogen (secondary N) is 1. The predicted molar refractivity (Wildman–Crippen MR) is 171 cm³/mol. The molecule has 0 aromatic heterocycles. The van der Waals surface area contributed by atoms with E-state index in [1.807, 2.05) is 101 Å². The second-order valence-electron chi connectivity index (χ2n) is 11.2. The van der Waals surface area contributed by atoms with Crippen molar-refractivity contribution in [2.45, 2.75) is 78.9 Å². The molecule has 0 aliphatic carbocycles. The third-order valence-corrected chi connectivity index (χ3v) is 8.88. The maximum Gasteiger partial charge on any atom is 0.243 e. The zero-order valence-corrected chi connectivity index (χ0v) is 26.6. The number of sulfonamides is 1. The number of anilines is 1. The summed E-state index contributed by atoms with van der Waals surface area (Å²) in [5, 5.41) is 3.09. The molecule has 1 N–H and O–H groups in total. The molecule has 7 nitrogen and oxygen atoms in total. The largest absolute Gasteiger partial charge is 0.352 e. The highest BCUT2D eigenvalue weighted by molar-refractivity contribution is 7.92. The van der Waals surface area contributed by atoms with Crippen LogP contribution in [0.1, 0.15) is 60.9 Å². The van der Waals surface area contributed by atoms with Crippen LogP contribution in [0.3, 0.4) is 0 Å². The lowest BCUT2D eigenvalue weighted by molar-refractivity contribution is -0.141. The molecule has 0 heterocycles. The van der Waals surface area contributed by atoms with E-state index >= 15 is 0 Å². The van der Waals surface area contributed by atoms with Gasteiger partial charge in [-0.25, -0.2) is 8.42 Å². The monoisotopic (exact) mass is 591 g/mol. The molecule has 0 saturated carbocycles. The average molecular weight is 592 g/mol. The second-order valence-corrected chi connectivity index (χ2v) is 13.1. The lowest BCUT2D eigenvalue weighted by Crippen LogP contribution is -2.52. The van der Waals surface area contributed by atoms with Gasteiger partial charge in [-0.05, 0) is 68.9 Å². The van der Waals surface area contributed by atoms with Gasteiger partial charge in [0, 0.05) is 32.0 Å². The first kappa shape index (κ1) is 32.9. The van der Waals surface area contributed by atoms with Gasteiger partial charge >= 0.3 is 0 Å². The van der Waals surface area contributed by atoms with Gasteiger partial charge < -0.3 is 10.2 Å². The number of aryl methyl sites for hydroxylation is 2. The van der Waals surface area contributed by atoms with E-state index in [9.17, 15) is 18.0 Å². The summed E-state index contributed by atoms with van der Waals surface area (Å²) in [7, 11) is -3.57. The molecule has 3 aromatic carbocycles. The normalized spacial score (nSPS) is 12.8. The lowest BCUT2D eigenvalue weighted by Gasteiger charge is -2.33. The summed E-state index contributed by atoms with van der Waals surface area (Å²) in [4.78, 5) is 29.4. The number of hydrogen-bond acceptors (Lipinski definition) is 4. The number of rotatable bonds is 14. The van der Waals surface area contributed by atoms with Gasteiger partial charge in [-0.3, -0.25) is 13.9 Å². The van der Waals surface area contributed by atoms with Crippen molar-refractivity contribution in [3.63, 3.8) is 0 Å². The molecular formula is C34H45N3O4S. The maximum absolute atomic E-state index is 14.0. The molecule has 2 amide bonds. The minimum absolute atomic E-state index is 0.0346. The van der Waals surface area contributed by atoms with Gasteiger partial charge in [0.05, 0.1) is 11.9 Å². The highest BCUT2D eigenvalue weighted by Crippen LogP contribution is 2.26.